The first-order valence-corrected chi connectivity index (χ1v) is 13.0. The molecule has 0 aliphatic carbocycles. The fourth-order valence-corrected chi connectivity index (χ4v) is 5.41. The number of sulfonamides is 1. The molecule has 1 aliphatic rings. The minimum absolute atomic E-state index is 0.0811. The van der Waals surface area contributed by atoms with Crippen molar-refractivity contribution in [3.8, 4) is 0 Å². The number of rotatable bonds is 8. The van der Waals surface area contributed by atoms with Gasteiger partial charge in [-0.1, -0.05) is 32.3 Å². The average Bonchev–Trinajstić information content (AvgIpc) is 3.18. The molecule has 0 radical (unpaired) electrons. The van der Waals surface area contributed by atoms with E-state index in [1.807, 2.05) is 0 Å². The topological polar surface area (TPSA) is 124 Å². The molecule has 2 rings (SSSR count). The fraction of sp³-hybridized carbons (Fsp3) is 0.632. The Hall–Kier alpha value is -1.49. The van der Waals surface area contributed by atoms with Gasteiger partial charge in [-0.05, 0) is 44.0 Å². The van der Waals surface area contributed by atoms with Crippen molar-refractivity contribution in [3.63, 3.8) is 0 Å². The van der Waals surface area contributed by atoms with Crippen molar-refractivity contribution >= 4 is 25.8 Å². The summed E-state index contributed by atoms with van der Waals surface area (Å²) in [5.74, 6) is -0.611. The van der Waals surface area contributed by atoms with Gasteiger partial charge in [-0.15, -0.1) is 0 Å². The predicted molar refractivity (Wildman–Crippen MR) is 112 cm³/mol. The summed E-state index contributed by atoms with van der Waals surface area (Å²) in [6.45, 7) is 3.27. The van der Waals surface area contributed by atoms with Gasteiger partial charge in [0.1, 0.15) is 6.04 Å². The van der Waals surface area contributed by atoms with E-state index in [1.165, 1.54) is 51.0 Å². The molecule has 0 amide bonds. The molecule has 0 saturated carbocycles. The standard InChI is InChI=1S/C13H17NO6S2.C6H15N/c1-20-13(15)12-7-4-8-14(12)22(18,19)11-6-3-5-10(9-11)21(2,16)17;1-2-3-4-5-6-7/h3,5-6,9,12H,4,7-8H2,1-2H3;2-7H2,1H3. The Bertz CT molecular complexity index is 864. The van der Waals surface area contributed by atoms with E-state index in [0.717, 1.165) is 23.2 Å². The van der Waals surface area contributed by atoms with Crippen LogP contribution in [-0.2, 0) is 29.4 Å². The second kappa shape index (κ2) is 11.6. The molecule has 1 aromatic rings. The van der Waals surface area contributed by atoms with Gasteiger partial charge in [-0.3, -0.25) is 4.79 Å². The Morgan fingerprint density at radius 3 is 2.38 bits per heavy atom. The van der Waals surface area contributed by atoms with E-state index in [4.69, 9.17) is 5.73 Å². The average molecular weight is 449 g/mol. The van der Waals surface area contributed by atoms with Crippen molar-refractivity contribution in [2.75, 3.05) is 26.5 Å². The number of nitrogens with two attached hydrogens (primary N) is 1. The fourth-order valence-electron chi connectivity index (χ4n) is 2.97. The van der Waals surface area contributed by atoms with E-state index in [1.54, 1.807) is 0 Å². The highest BCUT2D eigenvalue weighted by Gasteiger charge is 2.40. The van der Waals surface area contributed by atoms with Crippen LogP contribution < -0.4 is 5.73 Å². The maximum atomic E-state index is 12.7. The van der Waals surface area contributed by atoms with Crippen molar-refractivity contribution in [1.82, 2.24) is 4.31 Å². The summed E-state index contributed by atoms with van der Waals surface area (Å²) >= 11 is 0. The first-order valence-electron chi connectivity index (χ1n) is 9.69. The number of hydrogen-bond donors (Lipinski definition) is 1. The molecule has 10 heteroatoms. The van der Waals surface area contributed by atoms with Crippen molar-refractivity contribution in [1.29, 1.82) is 0 Å². The summed E-state index contributed by atoms with van der Waals surface area (Å²) in [7, 11) is -6.27. The predicted octanol–water partition coefficient (Wildman–Crippen LogP) is 1.94. The third-order valence-corrected chi connectivity index (χ3v) is 7.59. The number of sulfone groups is 1. The van der Waals surface area contributed by atoms with Gasteiger partial charge in [0.15, 0.2) is 9.84 Å². The molecule has 8 nitrogen and oxygen atoms in total. The molecule has 0 aromatic heterocycles. The van der Waals surface area contributed by atoms with Gasteiger partial charge in [0.25, 0.3) is 0 Å². The third kappa shape index (κ3) is 7.36. The normalized spacial score (nSPS) is 17.4. The molecule has 2 N–H and O–H groups in total. The lowest BCUT2D eigenvalue weighted by Gasteiger charge is -2.22. The van der Waals surface area contributed by atoms with E-state index in [9.17, 15) is 21.6 Å². The van der Waals surface area contributed by atoms with Crippen molar-refractivity contribution in [2.45, 2.75) is 61.3 Å². The number of methoxy groups -OCH3 is 1. The summed E-state index contributed by atoms with van der Waals surface area (Å²) in [6.07, 6.45) is 7.10. The number of esters is 1. The molecule has 166 valence electrons. The van der Waals surface area contributed by atoms with Gasteiger partial charge < -0.3 is 10.5 Å². The molecule has 1 unspecified atom stereocenters. The van der Waals surface area contributed by atoms with E-state index >= 15 is 0 Å². The van der Waals surface area contributed by atoms with Crippen LogP contribution in [0.5, 0.6) is 0 Å². The first kappa shape index (κ1) is 25.5. The number of unbranched alkanes of at least 4 members (excludes halogenated alkanes) is 3. The molecule has 29 heavy (non-hydrogen) atoms. The van der Waals surface area contributed by atoms with E-state index < -0.39 is 31.9 Å². The minimum Gasteiger partial charge on any atom is -0.468 e. The highest BCUT2D eigenvalue weighted by atomic mass is 32.2. The quantitative estimate of drug-likeness (QED) is 0.476. The maximum Gasteiger partial charge on any atom is 0.324 e. The Kier molecular flexibility index (Phi) is 10.2. The number of ether oxygens (including phenoxy) is 1. The molecule has 0 bridgehead atoms. The minimum atomic E-state index is -3.96. The van der Waals surface area contributed by atoms with Crippen LogP contribution >= 0.6 is 0 Å². The monoisotopic (exact) mass is 448 g/mol. The zero-order chi connectivity index (χ0) is 22.1. The van der Waals surface area contributed by atoms with Crippen LogP contribution in [-0.4, -0.2) is 59.6 Å². The third-order valence-electron chi connectivity index (χ3n) is 4.57. The van der Waals surface area contributed by atoms with E-state index in [2.05, 4.69) is 11.7 Å². The maximum absolute atomic E-state index is 12.7. The summed E-state index contributed by atoms with van der Waals surface area (Å²) in [4.78, 5) is 11.5. The molecule has 1 fully saturated rings. The van der Waals surface area contributed by atoms with Gasteiger partial charge >= 0.3 is 5.97 Å². The lowest BCUT2D eigenvalue weighted by atomic mass is 10.2. The number of nitrogens with zero attached hydrogens (tertiary/aromatic N) is 1. The zero-order valence-corrected chi connectivity index (χ0v) is 19.0. The van der Waals surface area contributed by atoms with E-state index in [0.29, 0.717) is 12.8 Å². The largest absolute Gasteiger partial charge is 0.468 e. The number of hydrogen-bond acceptors (Lipinski definition) is 7. The SMILES string of the molecule is CCCCCCN.COC(=O)C1CCCN1S(=O)(=O)c1cccc(S(C)(=O)=O)c1. The van der Waals surface area contributed by atoms with Crippen molar-refractivity contribution < 1.29 is 26.4 Å². The van der Waals surface area contributed by atoms with Crippen LogP contribution in [0.25, 0.3) is 0 Å². The second-order valence-electron chi connectivity index (χ2n) is 6.89. The Morgan fingerprint density at radius 2 is 1.83 bits per heavy atom. The Labute approximate surface area is 174 Å². The van der Waals surface area contributed by atoms with Crippen LogP contribution in [0.3, 0.4) is 0 Å². The summed E-state index contributed by atoms with van der Waals surface area (Å²) in [6, 6.07) is 4.26. The van der Waals surface area contributed by atoms with Crippen molar-refractivity contribution in [3.05, 3.63) is 24.3 Å². The number of carbonyl (C=O) groups excluding carboxylic acids is 1. The molecule has 1 saturated heterocycles. The van der Waals surface area contributed by atoms with Crippen LogP contribution in [0.4, 0.5) is 0 Å². The second-order valence-corrected chi connectivity index (χ2v) is 10.8. The Balaban J connectivity index is 0.000000516. The molecule has 1 atom stereocenters. The molecule has 1 aliphatic heterocycles. The highest BCUT2D eigenvalue weighted by molar-refractivity contribution is 7.91. The molecular formula is C19H32N2O6S2. The summed E-state index contributed by atoms with van der Waals surface area (Å²) in [5, 5.41) is 0. The van der Waals surface area contributed by atoms with Gasteiger partial charge in [0.2, 0.25) is 10.0 Å². The Morgan fingerprint density at radius 1 is 1.17 bits per heavy atom. The van der Waals surface area contributed by atoms with Gasteiger partial charge in [0, 0.05) is 12.8 Å². The number of carbonyl (C=O) groups is 1. The molecule has 1 aromatic carbocycles. The summed E-state index contributed by atoms with van der Waals surface area (Å²) in [5.41, 5.74) is 5.27. The van der Waals surface area contributed by atoms with E-state index in [-0.39, 0.29) is 16.3 Å². The van der Waals surface area contributed by atoms with Gasteiger partial charge in [-0.25, -0.2) is 16.8 Å². The molecule has 0 spiro atoms. The molecule has 1 heterocycles. The van der Waals surface area contributed by atoms with Gasteiger partial charge in [-0.2, -0.15) is 4.31 Å². The zero-order valence-electron chi connectivity index (χ0n) is 17.3. The van der Waals surface area contributed by atoms with Crippen LogP contribution in [0.2, 0.25) is 0 Å². The van der Waals surface area contributed by atoms with Crippen molar-refractivity contribution in [2.24, 2.45) is 5.73 Å². The molecular weight excluding hydrogens is 416 g/mol. The lowest BCUT2D eigenvalue weighted by Crippen LogP contribution is -2.41. The van der Waals surface area contributed by atoms with Crippen LogP contribution in [0.15, 0.2) is 34.1 Å². The van der Waals surface area contributed by atoms with Crippen LogP contribution in [0, 0.1) is 0 Å². The highest BCUT2D eigenvalue weighted by Crippen LogP contribution is 2.27. The number of benzene rings is 1. The van der Waals surface area contributed by atoms with Gasteiger partial charge in [0.05, 0.1) is 16.9 Å². The first-order chi connectivity index (χ1) is 13.6. The summed E-state index contributed by atoms with van der Waals surface area (Å²) < 4.78 is 54.2. The smallest absolute Gasteiger partial charge is 0.324 e. The van der Waals surface area contributed by atoms with Crippen LogP contribution in [0.1, 0.15) is 45.4 Å². The lowest BCUT2D eigenvalue weighted by molar-refractivity contribution is -0.144.